The Labute approximate surface area is 137 Å². The first kappa shape index (κ1) is 17.2. The van der Waals surface area contributed by atoms with Gasteiger partial charge in [0.25, 0.3) is 11.8 Å². The van der Waals surface area contributed by atoms with E-state index in [-0.39, 0.29) is 24.3 Å². The Balaban J connectivity index is 2.07. The Bertz CT molecular complexity index is 555. The van der Waals surface area contributed by atoms with Crippen LogP contribution in [0, 0.1) is 0 Å². The van der Waals surface area contributed by atoms with Crippen LogP contribution in [0.15, 0.2) is 24.3 Å². The fourth-order valence-electron chi connectivity index (χ4n) is 2.68. The highest BCUT2D eigenvalue weighted by molar-refractivity contribution is 6.22. The number of imide groups is 1. The Morgan fingerprint density at radius 1 is 0.957 bits per heavy atom. The molecule has 1 aliphatic heterocycles. The largest absolute Gasteiger partial charge is 0.341 e. The lowest BCUT2D eigenvalue weighted by Crippen LogP contribution is -2.43. The molecule has 0 atom stereocenters. The molecule has 0 saturated heterocycles. The van der Waals surface area contributed by atoms with Crippen LogP contribution in [-0.4, -0.2) is 47.2 Å². The van der Waals surface area contributed by atoms with E-state index in [1.54, 1.807) is 29.2 Å². The molecule has 0 spiro atoms. The second-order valence-corrected chi connectivity index (χ2v) is 5.83. The van der Waals surface area contributed by atoms with E-state index in [2.05, 4.69) is 13.8 Å². The highest BCUT2D eigenvalue weighted by atomic mass is 16.2. The zero-order chi connectivity index (χ0) is 16.8. The van der Waals surface area contributed by atoms with Crippen molar-refractivity contribution in [3.63, 3.8) is 0 Å². The fraction of sp³-hybridized carbons (Fsp3) is 0.500. The second kappa shape index (κ2) is 7.90. The number of benzene rings is 1. The van der Waals surface area contributed by atoms with Gasteiger partial charge in [-0.05, 0) is 25.0 Å². The molecule has 2 rings (SSSR count). The highest BCUT2D eigenvalue weighted by Crippen LogP contribution is 2.22. The zero-order valence-corrected chi connectivity index (χ0v) is 13.9. The molecule has 5 nitrogen and oxygen atoms in total. The molecular weight excluding hydrogens is 292 g/mol. The number of nitrogens with zero attached hydrogens (tertiary/aromatic N) is 2. The lowest BCUT2D eigenvalue weighted by molar-refractivity contribution is -0.131. The summed E-state index contributed by atoms with van der Waals surface area (Å²) in [6.07, 6.45) is 3.86. The topological polar surface area (TPSA) is 57.7 Å². The van der Waals surface area contributed by atoms with Gasteiger partial charge in [-0.3, -0.25) is 19.3 Å². The predicted octanol–water partition coefficient (Wildman–Crippen LogP) is 2.71. The molecule has 1 heterocycles. The first-order valence-corrected chi connectivity index (χ1v) is 8.33. The summed E-state index contributed by atoms with van der Waals surface area (Å²) in [6, 6.07) is 6.71. The average molecular weight is 316 g/mol. The van der Waals surface area contributed by atoms with Gasteiger partial charge < -0.3 is 4.90 Å². The van der Waals surface area contributed by atoms with Crippen LogP contribution in [0.3, 0.4) is 0 Å². The summed E-state index contributed by atoms with van der Waals surface area (Å²) in [5.74, 6) is -0.892. The number of rotatable bonds is 8. The summed E-state index contributed by atoms with van der Waals surface area (Å²) in [5.41, 5.74) is 0.776. The molecule has 0 N–H and O–H groups in total. The number of unbranched alkanes of at least 4 members (excludes halogenated alkanes) is 2. The molecule has 3 amide bonds. The van der Waals surface area contributed by atoms with Crippen molar-refractivity contribution in [2.45, 2.75) is 39.5 Å². The van der Waals surface area contributed by atoms with Gasteiger partial charge in [0.05, 0.1) is 11.1 Å². The van der Waals surface area contributed by atoms with E-state index in [1.165, 1.54) is 0 Å². The quantitative estimate of drug-likeness (QED) is 0.693. The molecule has 0 bridgehead atoms. The van der Waals surface area contributed by atoms with Crippen molar-refractivity contribution in [2.24, 2.45) is 0 Å². The van der Waals surface area contributed by atoms with E-state index in [4.69, 9.17) is 0 Å². The van der Waals surface area contributed by atoms with Crippen LogP contribution in [-0.2, 0) is 4.79 Å². The van der Waals surface area contributed by atoms with Crippen molar-refractivity contribution in [1.29, 1.82) is 0 Å². The molecule has 1 aromatic carbocycles. The first-order chi connectivity index (χ1) is 11.1. The Kier molecular flexibility index (Phi) is 5.90. The lowest BCUT2D eigenvalue weighted by atomic mass is 10.1. The minimum absolute atomic E-state index is 0.151. The van der Waals surface area contributed by atoms with Crippen molar-refractivity contribution in [3.05, 3.63) is 35.4 Å². The summed E-state index contributed by atoms with van der Waals surface area (Å²) < 4.78 is 0. The second-order valence-electron chi connectivity index (χ2n) is 5.83. The smallest absolute Gasteiger partial charge is 0.262 e. The minimum atomic E-state index is -0.370. The molecule has 0 fully saturated rings. The molecule has 5 heteroatoms. The Morgan fingerprint density at radius 2 is 1.43 bits per heavy atom. The van der Waals surface area contributed by atoms with Crippen molar-refractivity contribution in [2.75, 3.05) is 19.6 Å². The molecule has 0 aromatic heterocycles. The van der Waals surface area contributed by atoms with E-state index in [0.29, 0.717) is 24.2 Å². The summed E-state index contributed by atoms with van der Waals surface area (Å²) >= 11 is 0. The summed E-state index contributed by atoms with van der Waals surface area (Å²) in [6.45, 7) is 5.34. The minimum Gasteiger partial charge on any atom is -0.341 e. The van der Waals surface area contributed by atoms with Crippen molar-refractivity contribution >= 4 is 17.7 Å². The van der Waals surface area contributed by atoms with E-state index in [9.17, 15) is 14.4 Å². The van der Waals surface area contributed by atoms with Gasteiger partial charge in [0.2, 0.25) is 5.91 Å². The predicted molar refractivity (Wildman–Crippen MR) is 88.2 cm³/mol. The molecule has 23 heavy (non-hydrogen) atoms. The number of hydrogen-bond acceptors (Lipinski definition) is 3. The van der Waals surface area contributed by atoms with E-state index in [0.717, 1.165) is 30.6 Å². The zero-order valence-electron chi connectivity index (χ0n) is 13.9. The molecule has 0 radical (unpaired) electrons. The molecule has 1 aliphatic rings. The maximum Gasteiger partial charge on any atom is 0.262 e. The first-order valence-electron chi connectivity index (χ1n) is 8.33. The number of carbonyl (C=O) groups is 3. The molecule has 0 unspecified atom stereocenters. The van der Waals surface area contributed by atoms with E-state index >= 15 is 0 Å². The van der Waals surface area contributed by atoms with Gasteiger partial charge in [-0.15, -0.1) is 0 Å². The summed E-state index contributed by atoms with van der Waals surface area (Å²) in [4.78, 5) is 40.0. The van der Waals surface area contributed by atoms with Crippen LogP contribution in [0.1, 0.15) is 60.2 Å². The molecular formula is C18H24N2O3. The van der Waals surface area contributed by atoms with Crippen molar-refractivity contribution in [1.82, 2.24) is 9.80 Å². The van der Waals surface area contributed by atoms with Gasteiger partial charge in [-0.1, -0.05) is 38.8 Å². The lowest BCUT2D eigenvalue weighted by Gasteiger charge is -2.24. The van der Waals surface area contributed by atoms with Crippen LogP contribution < -0.4 is 0 Å². The fourth-order valence-corrected chi connectivity index (χ4v) is 2.68. The number of carbonyl (C=O) groups excluding carboxylic acids is 3. The van der Waals surface area contributed by atoms with Crippen LogP contribution >= 0.6 is 0 Å². The third-order valence-corrected chi connectivity index (χ3v) is 4.09. The molecule has 1 aromatic rings. The molecule has 0 saturated carbocycles. The van der Waals surface area contributed by atoms with Gasteiger partial charge in [0.1, 0.15) is 6.54 Å². The number of amides is 3. The monoisotopic (exact) mass is 316 g/mol. The maximum atomic E-state index is 12.5. The SMILES string of the molecule is CCCCN(CCCC)C(=O)CN1C(=O)c2ccccc2C1=O. The van der Waals surface area contributed by atoms with Crippen LogP contribution in [0.5, 0.6) is 0 Å². The summed E-state index contributed by atoms with van der Waals surface area (Å²) in [7, 11) is 0. The molecule has 124 valence electrons. The van der Waals surface area contributed by atoms with Gasteiger partial charge in [0.15, 0.2) is 0 Å². The van der Waals surface area contributed by atoms with Gasteiger partial charge in [-0.25, -0.2) is 0 Å². The highest BCUT2D eigenvalue weighted by Gasteiger charge is 2.36. The van der Waals surface area contributed by atoms with E-state index in [1.807, 2.05) is 0 Å². The Morgan fingerprint density at radius 3 is 1.87 bits per heavy atom. The molecule has 0 aliphatic carbocycles. The third kappa shape index (κ3) is 3.78. The number of fused-ring (bicyclic) bond motifs is 1. The average Bonchev–Trinajstić information content (AvgIpc) is 2.80. The van der Waals surface area contributed by atoms with Crippen LogP contribution in [0.2, 0.25) is 0 Å². The van der Waals surface area contributed by atoms with Crippen LogP contribution in [0.25, 0.3) is 0 Å². The maximum absolute atomic E-state index is 12.5. The van der Waals surface area contributed by atoms with Gasteiger partial charge in [0, 0.05) is 13.1 Å². The van der Waals surface area contributed by atoms with Gasteiger partial charge in [-0.2, -0.15) is 0 Å². The normalized spacial score (nSPS) is 13.4. The van der Waals surface area contributed by atoms with Crippen LogP contribution in [0.4, 0.5) is 0 Å². The standard InChI is InChI=1S/C18H24N2O3/c1-3-5-11-19(12-6-4-2)16(21)13-20-17(22)14-9-7-8-10-15(14)18(20)23/h7-10H,3-6,11-13H2,1-2H3. The van der Waals surface area contributed by atoms with Gasteiger partial charge >= 0.3 is 0 Å². The van der Waals surface area contributed by atoms with Crippen molar-refractivity contribution < 1.29 is 14.4 Å². The van der Waals surface area contributed by atoms with E-state index < -0.39 is 0 Å². The summed E-state index contributed by atoms with van der Waals surface area (Å²) in [5, 5.41) is 0. The van der Waals surface area contributed by atoms with Crippen molar-refractivity contribution in [3.8, 4) is 0 Å². The third-order valence-electron chi connectivity index (χ3n) is 4.09. The Hall–Kier alpha value is -2.17. The number of hydrogen-bond donors (Lipinski definition) is 0.